The number of ether oxygens (including phenoxy) is 1. The van der Waals surface area contributed by atoms with E-state index >= 15 is 0 Å². The number of likely N-dealkylation sites (N-methyl/N-ethyl adjacent to an activating group) is 1. The Hall–Kier alpha value is -1.59. The molecule has 1 aliphatic rings. The molecule has 0 spiro atoms. The van der Waals surface area contributed by atoms with Crippen LogP contribution in [0.15, 0.2) is 24.3 Å². The molecule has 1 amide bonds. The first-order valence-electron chi connectivity index (χ1n) is 6.54. The first-order valence-corrected chi connectivity index (χ1v) is 6.54. The predicted molar refractivity (Wildman–Crippen MR) is 74.1 cm³/mol. The molecule has 104 valence electrons. The van der Waals surface area contributed by atoms with Gasteiger partial charge in [-0.1, -0.05) is 12.1 Å². The van der Waals surface area contributed by atoms with E-state index in [2.05, 4.69) is 16.0 Å². The van der Waals surface area contributed by atoms with E-state index in [0.717, 1.165) is 25.3 Å². The molecule has 2 unspecified atom stereocenters. The molecule has 1 aromatic carbocycles. The van der Waals surface area contributed by atoms with Gasteiger partial charge in [-0.3, -0.25) is 4.79 Å². The minimum atomic E-state index is -0.0710. The number of hydrogen-bond acceptors (Lipinski definition) is 4. The van der Waals surface area contributed by atoms with E-state index < -0.39 is 0 Å². The largest absolute Gasteiger partial charge is 0.497 e. The summed E-state index contributed by atoms with van der Waals surface area (Å²) >= 11 is 0. The molecular weight excluding hydrogens is 242 g/mol. The summed E-state index contributed by atoms with van der Waals surface area (Å²) in [5.74, 6) is 0.930. The van der Waals surface area contributed by atoms with Crippen LogP contribution in [0, 0.1) is 0 Å². The molecule has 5 nitrogen and oxygen atoms in total. The van der Waals surface area contributed by atoms with E-state index in [1.807, 2.05) is 24.3 Å². The summed E-state index contributed by atoms with van der Waals surface area (Å²) in [6.07, 6.45) is 0.829. The molecule has 1 saturated heterocycles. The van der Waals surface area contributed by atoms with Crippen molar-refractivity contribution in [1.82, 2.24) is 16.0 Å². The molecule has 2 rings (SSSR count). The fourth-order valence-electron chi connectivity index (χ4n) is 2.27. The third kappa shape index (κ3) is 3.68. The molecule has 19 heavy (non-hydrogen) atoms. The van der Waals surface area contributed by atoms with Crippen LogP contribution in [0.4, 0.5) is 0 Å². The molecule has 0 aromatic heterocycles. The van der Waals surface area contributed by atoms with Gasteiger partial charge in [0.2, 0.25) is 5.91 Å². The Morgan fingerprint density at radius 3 is 2.79 bits per heavy atom. The maximum absolute atomic E-state index is 11.5. The van der Waals surface area contributed by atoms with Crippen LogP contribution in [0.5, 0.6) is 5.75 Å². The molecule has 3 N–H and O–H groups in total. The van der Waals surface area contributed by atoms with Gasteiger partial charge in [0, 0.05) is 26.2 Å². The van der Waals surface area contributed by atoms with Crippen LogP contribution in [0.1, 0.15) is 12.0 Å². The van der Waals surface area contributed by atoms with Crippen molar-refractivity contribution in [3.63, 3.8) is 0 Å². The van der Waals surface area contributed by atoms with Crippen LogP contribution in [0.25, 0.3) is 0 Å². The highest BCUT2D eigenvalue weighted by atomic mass is 16.5. The standard InChI is InChI=1S/C14H21N3O2/c1-15-14(18)13-7-11(9-17-13)16-8-10-3-5-12(19-2)6-4-10/h3-6,11,13,16-17H,7-9H2,1-2H3,(H,15,18). The van der Waals surface area contributed by atoms with Gasteiger partial charge >= 0.3 is 0 Å². The number of rotatable bonds is 5. The molecule has 1 heterocycles. The number of carbonyl (C=O) groups is 1. The Balaban J connectivity index is 1.78. The summed E-state index contributed by atoms with van der Waals surface area (Å²) in [5.41, 5.74) is 1.21. The predicted octanol–water partition coefficient (Wildman–Crippen LogP) is 0.261. The molecule has 0 aliphatic carbocycles. The van der Waals surface area contributed by atoms with Crippen molar-refractivity contribution in [3.05, 3.63) is 29.8 Å². The summed E-state index contributed by atoms with van der Waals surface area (Å²) < 4.78 is 5.13. The summed E-state index contributed by atoms with van der Waals surface area (Å²) in [6, 6.07) is 8.27. The van der Waals surface area contributed by atoms with Crippen LogP contribution in [-0.4, -0.2) is 38.7 Å². The Morgan fingerprint density at radius 1 is 1.42 bits per heavy atom. The molecule has 1 aromatic rings. The zero-order valence-corrected chi connectivity index (χ0v) is 11.4. The number of amides is 1. The van der Waals surface area contributed by atoms with E-state index in [0.29, 0.717) is 6.04 Å². The van der Waals surface area contributed by atoms with Crippen molar-refractivity contribution in [2.75, 3.05) is 20.7 Å². The van der Waals surface area contributed by atoms with Gasteiger partial charge in [-0.25, -0.2) is 0 Å². The van der Waals surface area contributed by atoms with Gasteiger partial charge in [-0.05, 0) is 24.1 Å². The smallest absolute Gasteiger partial charge is 0.236 e. The zero-order chi connectivity index (χ0) is 13.7. The molecule has 0 saturated carbocycles. The van der Waals surface area contributed by atoms with Gasteiger partial charge in [-0.2, -0.15) is 0 Å². The third-order valence-corrected chi connectivity index (χ3v) is 3.45. The van der Waals surface area contributed by atoms with Crippen LogP contribution in [0.2, 0.25) is 0 Å². The summed E-state index contributed by atoms with van der Waals surface area (Å²) in [4.78, 5) is 11.5. The van der Waals surface area contributed by atoms with Gasteiger partial charge in [-0.15, -0.1) is 0 Å². The molecule has 1 aliphatic heterocycles. The van der Waals surface area contributed by atoms with Crippen molar-refractivity contribution in [1.29, 1.82) is 0 Å². The molecule has 0 bridgehead atoms. The van der Waals surface area contributed by atoms with Gasteiger partial charge in [0.05, 0.1) is 13.2 Å². The fourth-order valence-corrected chi connectivity index (χ4v) is 2.27. The van der Waals surface area contributed by atoms with Gasteiger partial charge in [0.25, 0.3) is 0 Å². The lowest BCUT2D eigenvalue weighted by atomic mass is 10.1. The Bertz CT molecular complexity index is 419. The average Bonchev–Trinajstić information content (AvgIpc) is 2.93. The van der Waals surface area contributed by atoms with Crippen molar-refractivity contribution >= 4 is 5.91 Å². The first-order chi connectivity index (χ1) is 9.22. The number of hydrogen-bond donors (Lipinski definition) is 3. The van der Waals surface area contributed by atoms with Gasteiger partial charge < -0.3 is 20.7 Å². The normalized spacial score (nSPS) is 22.2. The second-order valence-corrected chi connectivity index (χ2v) is 4.74. The summed E-state index contributed by atoms with van der Waals surface area (Å²) in [7, 11) is 3.33. The van der Waals surface area contributed by atoms with Crippen LogP contribution >= 0.6 is 0 Å². The summed E-state index contributed by atoms with van der Waals surface area (Å²) in [5, 5.41) is 9.35. The van der Waals surface area contributed by atoms with Crippen molar-refractivity contribution in [3.8, 4) is 5.75 Å². The second kappa shape index (κ2) is 6.54. The fraction of sp³-hybridized carbons (Fsp3) is 0.500. The monoisotopic (exact) mass is 263 g/mol. The molecule has 0 radical (unpaired) electrons. The Kier molecular flexibility index (Phi) is 4.76. The highest BCUT2D eigenvalue weighted by Crippen LogP contribution is 2.12. The van der Waals surface area contributed by atoms with E-state index in [1.165, 1.54) is 5.56 Å². The highest BCUT2D eigenvalue weighted by molar-refractivity contribution is 5.81. The lowest BCUT2D eigenvalue weighted by Gasteiger charge is -2.12. The zero-order valence-electron chi connectivity index (χ0n) is 11.4. The number of benzene rings is 1. The second-order valence-electron chi connectivity index (χ2n) is 4.74. The molecule has 1 fully saturated rings. The van der Waals surface area contributed by atoms with Gasteiger partial charge in [0.15, 0.2) is 0 Å². The third-order valence-electron chi connectivity index (χ3n) is 3.45. The maximum Gasteiger partial charge on any atom is 0.236 e. The Labute approximate surface area is 113 Å². The first kappa shape index (κ1) is 13.8. The van der Waals surface area contributed by atoms with Crippen molar-refractivity contribution < 1.29 is 9.53 Å². The minimum absolute atomic E-state index is 0.0637. The average molecular weight is 263 g/mol. The number of nitrogens with one attached hydrogen (secondary N) is 3. The maximum atomic E-state index is 11.5. The highest BCUT2D eigenvalue weighted by Gasteiger charge is 2.28. The van der Waals surface area contributed by atoms with Crippen LogP contribution in [-0.2, 0) is 11.3 Å². The quantitative estimate of drug-likeness (QED) is 0.713. The number of carbonyl (C=O) groups excluding carboxylic acids is 1. The topological polar surface area (TPSA) is 62.4 Å². The van der Waals surface area contributed by atoms with E-state index in [9.17, 15) is 4.79 Å². The SMILES string of the molecule is CNC(=O)C1CC(NCc2ccc(OC)cc2)CN1. The van der Waals surface area contributed by atoms with E-state index in [4.69, 9.17) is 4.74 Å². The van der Waals surface area contributed by atoms with Crippen LogP contribution in [0.3, 0.4) is 0 Å². The van der Waals surface area contributed by atoms with Crippen molar-refractivity contribution in [2.45, 2.75) is 25.0 Å². The minimum Gasteiger partial charge on any atom is -0.497 e. The summed E-state index contributed by atoms with van der Waals surface area (Å²) in [6.45, 7) is 1.63. The van der Waals surface area contributed by atoms with Gasteiger partial charge in [0.1, 0.15) is 5.75 Å². The molecule has 2 atom stereocenters. The van der Waals surface area contributed by atoms with E-state index in [1.54, 1.807) is 14.2 Å². The lowest BCUT2D eigenvalue weighted by molar-refractivity contribution is -0.122. The van der Waals surface area contributed by atoms with Crippen LogP contribution < -0.4 is 20.7 Å². The van der Waals surface area contributed by atoms with Crippen molar-refractivity contribution in [2.24, 2.45) is 0 Å². The van der Waals surface area contributed by atoms with E-state index in [-0.39, 0.29) is 11.9 Å². The molecular formula is C14H21N3O2. The molecule has 5 heteroatoms. The Morgan fingerprint density at radius 2 is 2.16 bits per heavy atom. The lowest BCUT2D eigenvalue weighted by Crippen LogP contribution is -2.38. The number of methoxy groups -OCH3 is 1.